The van der Waals surface area contributed by atoms with Gasteiger partial charge in [0.2, 0.25) is 0 Å². The molecular formula is C34H21N2P. The molecule has 0 aliphatic carbocycles. The van der Waals surface area contributed by atoms with E-state index in [0.717, 1.165) is 0 Å². The van der Waals surface area contributed by atoms with E-state index in [1.54, 1.807) is 0 Å². The summed E-state index contributed by atoms with van der Waals surface area (Å²) < 4.78 is 5.28. The first-order chi connectivity index (χ1) is 18.4. The predicted octanol–water partition coefficient (Wildman–Crippen LogP) is 9.93. The second-order valence-electron chi connectivity index (χ2n) is 9.88. The van der Waals surface area contributed by atoms with E-state index in [-0.39, 0.29) is 0 Å². The Morgan fingerprint density at radius 1 is 0.378 bits per heavy atom. The Bertz CT molecular complexity index is 2210. The van der Waals surface area contributed by atoms with Crippen molar-refractivity contribution in [1.29, 1.82) is 0 Å². The molecule has 0 radical (unpaired) electrons. The SMILES string of the molecule is c1ccc(-p2n3c4ccccc4cc3c3c4cccc5cccc(c54)c3c3cc4ccccc4n32)cc1. The molecule has 0 bridgehead atoms. The number of para-hydroxylation sites is 2. The van der Waals surface area contributed by atoms with Crippen LogP contribution in [0.5, 0.6) is 0 Å². The molecule has 0 amide bonds. The number of fused-ring (bicyclic) bond motifs is 11. The van der Waals surface area contributed by atoms with E-state index in [9.17, 15) is 0 Å². The van der Waals surface area contributed by atoms with Gasteiger partial charge in [-0.2, -0.15) is 0 Å². The van der Waals surface area contributed by atoms with Crippen LogP contribution in [0.15, 0.2) is 127 Å². The van der Waals surface area contributed by atoms with Crippen molar-refractivity contribution in [3.05, 3.63) is 127 Å². The van der Waals surface area contributed by atoms with Crippen molar-refractivity contribution >= 4 is 73.0 Å². The zero-order valence-corrected chi connectivity index (χ0v) is 20.9. The Labute approximate surface area is 213 Å². The first-order valence-electron chi connectivity index (χ1n) is 12.7. The summed E-state index contributed by atoms with van der Waals surface area (Å²) in [6.07, 6.45) is 0. The molecule has 3 heteroatoms. The van der Waals surface area contributed by atoms with Crippen molar-refractivity contribution < 1.29 is 0 Å². The van der Waals surface area contributed by atoms with Gasteiger partial charge in [-0.05, 0) is 57.9 Å². The zero-order chi connectivity index (χ0) is 24.1. The van der Waals surface area contributed by atoms with Crippen LogP contribution in [0.1, 0.15) is 0 Å². The number of nitrogens with zero attached hydrogens (tertiary/aromatic N) is 2. The van der Waals surface area contributed by atoms with Crippen molar-refractivity contribution in [1.82, 2.24) is 8.33 Å². The van der Waals surface area contributed by atoms with Crippen LogP contribution in [-0.4, -0.2) is 8.33 Å². The van der Waals surface area contributed by atoms with E-state index in [1.807, 2.05) is 0 Å². The van der Waals surface area contributed by atoms with Gasteiger partial charge in [-0.25, -0.2) is 0 Å². The first kappa shape index (κ1) is 19.6. The summed E-state index contributed by atoms with van der Waals surface area (Å²) >= 11 is 0. The molecule has 0 N–H and O–H groups in total. The Balaban J connectivity index is 1.76. The lowest BCUT2D eigenvalue weighted by Crippen LogP contribution is -1.87. The van der Waals surface area contributed by atoms with E-state index in [4.69, 9.17) is 0 Å². The van der Waals surface area contributed by atoms with E-state index in [2.05, 4.69) is 136 Å². The lowest BCUT2D eigenvalue weighted by molar-refractivity contribution is 1.38. The summed E-state index contributed by atoms with van der Waals surface area (Å²) in [4.78, 5) is 0. The third kappa shape index (κ3) is 2.46. The molecule has 0 atom stereocenters. The van der Waals surface area contributed by atoms with Crippen LogP contribution in [0.4, 0.5) is 0 Å². The maximum Gasteiger partial charge on any atom is 0.0684 e. The van der Waals surface area contributed by atoms with Gasteiger partial charge in [0.1, 0.15) is 0 Å². The van der Waals surface area contributed by atoms with E-state index in [1.165, 1.54) is 70.5 Å². The minimum absolute atomic E-state index is 0.932. The summed E-state index contributed by atoms with van der Waals surface area (Å²) in [5, 5.41) is 12.0. The van der Waals surface area contributed by atoms with Gasteiger partial charge in [-0.3, -0.25) is 8.33 Å². The molecule has 0 aliphatic rings. The van der Waals surface area contributed by atoms with Crippen LogP contribution in [0, 0.1) is 0 Å². The van der Waals surface area contributed by atoms with Crippen LogP contribution < -0.4 is 0 Å². The lowest BCUT2D eigenvalue weighted by Gasteiger charge is -2.10. The van der Waals surface area contributed by atoms with Gasteiger partial charge in [0, 0.05) is 26.8 Å². The highest BCUT2D eigenvalue weighted by Gasteiger charge is 2.22. The Kier molecular flexibility index (Phi) is 3.73. The molecule has 2 nitrogen and oxygen atoms in total. The molecule has 0 aliphatic heterocycles. The Morgan fingerprint density at radius 2 is 0.865 bits per heavy atom. The average molecular weight is 489 g/mol. The van der Waals surface area contributed by atoms with Crippen molar-refractivity contribution in [3.8, 4) is 5.30 Å². The third-order valence-corrected chi connectivity index (χ3v) is 10.3. The molecule has 37 heavy (non-hydrogen) atoms. The van der Waals surface area contributed by atoms with Crippen LogP contribution in [0.3, 0.4) is 0 Å². The highest BCUT2D eigenvalue weighted by Crippen LogP contribution is 2.50. The van der Waals surface area contributed by atoms with Gasteiger partial charge in [0.15, 0.2) is 0 Å². The summed E-state index contributed by atoms with van der Waals surface area (Å²) in [7, 11) is -0.932. The minimum atomic E-state index is -0.932. The quantitative estimate of drug-likeness (QED) is 0.217. The lowest BCUT2D eigenvalue weighted by atomic mass is 10.1. The molecule has 0 spiro atoms. The molecule has 6 aromatic carbocycles. The molecule has 0 saturated carbocycles. The fraction of sp³-hybridized carbons (Fsp3) is 0. The van der Waals surface area contributed by atoms with E-state index in [0.29, 0.717) is 0 Å². The predicted molar refractivity (Wildman–Crippen MR) is 160 cm³/mol. The number of hydrogen-bond donors (Lipinski definition) is 0. The summed E-state index contributed by atoms with van der Waals surface area (Å²) in [5.74, 6) is 0. The standard InChI is InChI=1S/C34H21N2P/c1-2-14-25(15-3-1)37-35-28-18-6-4-10-23(28)20-30(35)33-26-16-8-12-22-13-9-17-27(32(22)26)34(33)31-21-24-11-5-7-19-29(24)36(31)37/h1-21H. The van der Waals surface area contributed by atoms with Crippen LogP contribution in [-0.2, 0) is 0 Å². The van der Waals surface area contributed by atoms with Crippen LogP contribution >= 0.6 is 7.85 Å². The minimum Gasteiger partial charge on any atom is -0.282 e. The number of hydrogen-bond acceptors (Lipinski definition) is 0. The van der Waals surface area contributed by atoms with Crippen molar-refractivity contribution in [2.75, 3.05) is 0 Å². The third-order valence-electron chi connectivity index (χ3n) is 7.94. The average Bonchev–Trinajstić information content (AvgIpc) is 3.59. The second-order valence-corrected chi connectivity index (χ2v) is 11.8. The Hall–Kier alpha value is -4.52. The molecular weight excluding hydrogens is 467 g/mol. The summed E-state index contributed by atoms with van der Waals surface area (Å²) in [6.45, 7) is 0. The van der Waals surface area contributed by atoms with Gasteiger partial charge in [0.25, 0.3) is 0 Å². The monoisotopic (exact) mass is 488 g/mol. The Morgan fingerprint density at radius 3 is 1.43 bits per heavy atom. The van der Waals surface area contributed by atoms with E-state index >= 15 is 0 Å². The van der Waals surface area contributed by atoms with E-state index < -0.39 is 7.85 Å². The second kappa shape index (κ2) is 7.03. The molecule has 3 heterocycles. The van der Waals surface area contributed by atoms with Gasteiger partial charge >= 0.3 is 0 Å². The van der Waals surface area contributed by atoms with Crippen molar-refractivity contribution in [2.24, 2.45) is 0 Å². The molecule has 3 aromatic heterocycles. The molecule has 172 valence electrons. The molecule has 9 aromatic rings. The fourth-order valence-electron chi connectivity index (χ4n) is 6.49. The largest absolute Gasteiger partial charge is 0.282 e. The van der Waals surface area contributed by atoms with Gasteiger partial charge in [-0.1, -0.05) is 91.0 Å². The summed E-state index contributed by atoms with van der Waals surface area (Å²) in [5.41, 5.74) is 5.19. The fourth-order valence-corrected chi connectivity index (χ4v) is 9.06. The maximum absolute atomic E-state index is 2.64. The smallest absolute Gasteiger partial charge is 0.0684 e. The van der Waals surface area contributed by atoms with Crippen molar-refractivity contribution in [2.45, 2.75) is 0 Å². The van der Waals surface area contributed by atoms with Gasteiger partial charge in [0.05, 0.1) is 29.9 Å². The zero-order valence-electron chi connectivity index (χ0n) is 20.0. The normalized spacial score (nSPS) is 12.3. The number of rotatable bonds is 1. The topological polar surface area (TPSA) is 8.82 Å². The molecule has 9 rings (SSSR count). The highest BCUT2D eigenvalue weighted by molar-refractivity contribution is 7.51. The number of benzene rings is 5. The maximum atomic E-state index is 2.64. The summed E-state index contributed by atoms with van der Waals surface area (Å²) in [6, 6.07) is 47.2. The molecule has 0 saturated heterocycles. The highest BCUT2D eigenvalue weighted by atomic mass is 31.1. The molecule has 0 unspecified atom stereocenters. The van der Waals surface area contributed by atoms with Crippen molar-refractivity contribution in [3.63, 3.8) is 0 Å². The number of aromatic nitrogens is 2. The van der Waals surface area contributed by atoms with Crippen LogP contribution in [0.2, 0.25) is 0 Å². The molecule has 0 fully saturated rings. The van der Waals surface area contributed by atoms with Crippen LogP contribution in [0.25, 0.3) is 70.5 Å². The van der Waals surface area contributed by atoms with Gasteiger partial charge in [-0.15, -0.1) is 0 Å². The first-order valence-corrected chi connectivity index (χ1v) is 14.0. The van der Waals surface area contributed by atoms with Gasteiger partial charge < -0.3 is 0 Å².